The minimum atomic E-state index is -0.0906. The molecule has 0 saturated heterocycles. The fourth-order valence-corrected chi connectivity index (χ4v) is 5.18. The van der Waals surface area contributed by atoms with Crippen LogP contribution in [0.3, 0.4) is 0 Å². The lowest BCUT2D eigenvalue weighted by Crippen LogP contribution is -2.31. The van der Waals surface area contributed by atoms with Crippen molar-refractivity contribution in [2.75, 3.05) is 33.1 Å². The van der Waals surface area contributed by atoms with E-state index in [9.17, 15) is 9.90 Å². The predicted molar refractivity (Wildman–Crippen MR) is 138 cm³/mol. The van der Waals surface area contributed by atoms with Gasteiger partial charge in [-0.05, 0) is 70.3 Å². The highest BCUT2D eigenvalue weighted by Gasteiger charge is 2.24. The maximum Gasteiger partial charge on any atom is 0.176 e. The minimum absolute atomic E-state index is 0.0158. The van der Waals surface area contributed by atoms with Crippen molar-refractivity contribution < 1.29 is 14.6 Å². The van der Waals surface area contributed by atoms with Crippen LogP contribution in [0.25, 0.3) is 22.0 Å². The van der Waals surface area contributed by atoms with Gasteiger partial charge in [0.2, 0.25) is 0 Å². The molecule has 0 amide bonds. The Kier molecular flexibility index (Phi) is 7.29. The van der Waals surface area contributed by atoms with Crippen LogP contribution in [-0.4, -0.2) is 54.6 Å². The van der Waals surface area contributed by atoms with E-state index in [4.69, 9.17) is 16.3 Å². The number of nitrogens with one attached hydrogen (secondary N) is 1. The minimum Gasteiger partial charge on any atom is -0.503 e. The molecular formula is C27H32ClN3O3. The first-order valence-corrected chi connectivity index (χ1v) is 12.1. The summed E-state index contributed by atoms with van der Waals surface area (Å²) < 4.78 is 5.29. The molecule has 3 aromatic rings. The van der Waals surface area contributed by atoms with Crippen molar-refractivity contribution in [1.29, 1.82) is 0 Å². The number of halogens is 1. The summed E-state index contributed by atoms with van der Waals surface area (Å²) in [6.07, 6.45) is 6.15. The van der Waals surface area contributed by atoms with E-state index in [1.165, 1.54) is 20.0 Å². The second-order valence-electron chi connectivity index (χ2n) is 9.44. The van der Waals surface area contributed by atoms with Gasteiger partial charge in [0, 0.05) is 29.7 Å². The normalized spacial score (nSPS) is 18.3. The Hall–Kier alpha value is -2.83. The average Bonchev–Trinajstić information content (AvgIpc) is 2.81. The number of methoxy groups -OCH3 is 1. The number of anilines is 1. The number of phenols is 1. The Labute approximate surface area is 205 Å². The molecule has 1 heterocycles. The standard InChI is InChI=1S/C27H32ClN3O3/c1-16(32)22-14-29-25-20(18-12-23(28)27(33)24(13-18)34-4)6-5-7-21(25)26(22)30-19-10-8-17(9-11-19)15-31(2)3/h5-7,12-14,17,19,33H,8-11,15H2,1-4H3,(H,29,30). The number of pyridine rings is 1. The third-order valence-electron chi connectivity index (χ3n) is 6.65. The number of ether oxygens (including phenoxy) is 1. The van der Waals surface area contributed by atoms with E-state index in [1.807, 2.05) is 18.2 Å². The van der Waals surface area contributed by atoms with Crippen molar-refractivity contribution in [1.82, 2.24) is 9.88 Å². The molecular weight excluding hydrogens is 450 g/mol. The van der Waals surface area contributed by atoms with E-state index in [1.54, 1.807) is 25.3 Å². The fraction of sp³-hybridized carbons (Fsp3) is 0.407. The van der Waals surface area contributed by atoms with Crippen molar-refractivity contribution in [3.05, 3.63) is 47.1 Å². The van der Waals surface area contributed by atoms with Crippen molar-refractivity contribution in [2.45, 2.75) is 38.6 Å². The Morgan fingerprint density at radius 2 is 1.97 bits per heavy atom. The molecule has 1 saturated carbocycles. The van der Waals surface area contributed by atoms with Crippen molar-refractivity contribution in [2.24, 2.45) is 5.92 Å². The highest BCUT2D eigenvalue weighted by atomic mass is 35.5. The molecule has 0 unspecified atom stereocenters. The summed E-state index contributed by atoms with van der Waals surface area (Å²) in [6, 6.07) is 9.67. The lowest BCUT2D eigenvalue weighted by Gasteiger charge is -2.32. The number of Topliss-reactive ketones (excluding diaryl/α,β-unsaturated/α-hetero) is 1. The highest BCUT2D eigenvalue weighted by molar-refractivity contribution is 6.32. The molecule has 7 heteroatoms. The second kappa shape index (κ2) is 10.2. The van der Waals surface area contributed by atoms with Gasteiger partial charge in [-0.1, -0.05) is 29.8 Å². The first-order chi connectivity index (χ1) is 16.3. The van der Waals surface area contributed by atoms with Crippen LogP contribution in [0.2, 0.25) is 5.02 Å². The average molecular weight is 482 g/mol. The maximum atomic E-state index is 12.5. The summed E-state index contributed by atoms with van der Waals surface area (Å²) in [5.41, 5.74) is 3.84. The summed E-state index contributed by atoms with van der Waals surface area (Å²) in [6.45, 7) is 2.70. The van der Waals surface area contributed by atoms with Gasteiger partial charge in [0.15, 0.2) is 17.3 Å². The van der Waals surface area contributed by atoms with Crippen LogP contribution in [0.5, 0.6) is 11.5 Å². The van der Waals surface area contributed by atoms with Gasteiger partial charge >= 0.3 is 0 Å². The quantitative estimate of drug-likeness (QED) is 0.403. The molecule has 0 aliphatic heterocycles. The van der Waals surface area contributed by atoms with Crippen molar-refractivity contribution >= 4 is 34.0 Å². The van der Waals surface area contributed by atoms with E-state index in [-0.39, 0.29) is 16.6 Å². The summed E-state index contributed by atoms with van der Waals surface area (Å²) in [4.78, 5) is 19.4. The van der Waals surface area contributed by atoms with Gasteiger partial charge in [0.1, 0.15) is 0 Å². The zero-order valence-electron chi connectivity index (χ0n) is 20.2. The second-order valence-corrected chi connectivity index (χ2v) is 9.85. The molecule has 1 aromatic heterocycles. The van der Waals surface area contributed by atoms with Crippen LogP contribution in [0.15, 0.2) is 36.5 Å². The monoisotopic (exact) mass is 481 g/mol. The molecule has 0 radical (unpaired) electrons. The number of ketones is 1. The smallest absolute Gasteiger partial charge is 0.176 e. The third-order valence-corrected chi connectivity index (χ3v) is 6.94. The number of hydrogen-bond donors (Lipinski definition) is 2. The number of rotatable bonds is 7. The summed E-state index contributed by atoms with van der Waals surface area (Å²) in [5.74, 6) is 0.910. The van der Waals surface area contributed by atoms with Gasteiger partial charge in [0.05, 0.1) is 28.9 Å². The summed E-state index contributed by atoms with van der Waals surface area (Å²) in [7, 11) is 5.74. The molecule has 0 atom stereocenters. The summed E-state index contributed by atoms with van der Waals surface area (Å²) in [5, 5.41) is 15.0. The lowest BCUT2D eigenvalue weighted by atomic mass is 9.85. The lowest BCUT2D eigenvalue weighted by molar-refractivity contribution is 0.101. The molecule has 4 rings (SSSR count). The number of nitrogens with zero attached hydrogens (tertiary/aromatic N) is 2. The number of hydrogen-bond acceptors (Lipinski definition) is 6. The number of fused-ring (bicyclic) bond motifs is 1. The summed E-state index contributed by atoms with van der Waals surface area (Å²) >= 11 is 6.26. The maximum absolute atomic E-state index is 12.5. The molecule has 6 nitrogen and oxygen atoms in total. The van der Waals surface area contributed by atoms with Crippen LogP contribution in [-0.2, 0) is 0 Å². The molecule has 2 aromatic carbocycles. The number of aromatic nitrogens is 1. The van der Waals surface area contributed by atoms with Crippen molar-refractivity contribution in [3.63, 3.8) is 0 Å². The van der Waals surface area contributed by atoms with Crippen LogP contribution < -0.4 is 10.1 Å². The molecule has 0 bridgehead atoms. The fourth-order valence-electron chi connectivity index (χ4n) is 4.97. The van der Waals surface area contributed by atoms with E-state index >= 15 is 0 Å². The Balaban J connectivity index is 1.73. The van der Waals surface area contributed by atoms with Gasteiger partial charge in [-0.25, -0.2) is 0 Å². The van der Waals surface area contributed by atoms with Crippen LogP contribution in [0.4, 0.5) is 5.69 Å². The highest BCUT2D eigenvalue weighted by Crippen LogP contribution is 2.41. The number of aromatic hydroxyl groups is 1. The molecule has 0 spiro atoms. The Bertz CT molecular complexity index is 1200. The third kappa shape index (κ3) is 4.98. The van der Waals surface area contributed by atoms with E-state index < -0.39 is 0 Å². The van der Waals surface area contributed by atoms with Gasteiger partial charge in [-0.3, -0.25) is 9.78 Å². The van der Waals surface area contributed by atoms with E-state index in [0.29, 0.717) is 17.4 Å². The van der Waals surface area contributed by atoms with Crippen LogP contribution >= 0.6 is 11.6 Å². The number of phenolic OH excluding ortho intramolecular Hbond substituents is 1. The first-order valence-electron chi connectivity index (χ1n) is 11.7. The zero-order chi connectivity index (χ0) is 24.4. The van der Waals surface area contributed by atoms with E-state index in [2.05, 4.69) is 29.3 Å². The van der Waals surface area contributed by atoms with Gasteiger partial charge in [-0.15, -0.1) is 0 Å². The van der Waals surface area contributed by atoms with Crippen LogP contribution in [0.1, 0.15) is 43.0 Å². The largest absolute Gasteiger partial charge is 0.503 e. The predicted octanol–water partition coefficient (Wildman–Crippen LogP) is 6.00. The zero-order valence-corrected chi connectivity index (χ0v) is 20.9. The number of carbonyl (C=O) groups excluding carboxylic acids is 1. The molecule has 1 aliphatic carbocycles. The van der Waals surface area contributed by atoms with Crippen molar-refractivity contribution in [3.8, 4) is 22.6 Å². The Morgan fingerprint density at radius 3 is 2.62 bits per heavy atom. The van der Waals surface area contributed by atoms with Gasteiger partial charge in [0.25, 0.3) is 0 Å². The molecule has 1 aliphatic rings. The Morgan fingerprint density at radius 1 is 1.24 bits per heavy atom. The number of carbonyl (C=O) groups is 1. The number of benzene rings is 2. The number of para-hydroxylation sites is 1. The molecule has 180 valence electrons. The molecule has 2 N–H and O–H groups in total. The van der Waals surface area contributed by atoms with Crippen LogP contribution in [0, 0.1) is 5.92 Å². The molecule has 34 heavy (non-hydrogen) atoms. The van der Waals surface area contributed by atoms with Gasteiger partial charge in [-0.2, -0.15) is 0 Å². The topological polar surface area (TPSA) is 74.7 Å². The van der Waals surface area contributed by atoms with E-state index in [0.717, 1.165) is 53.0 Å². The first kappa shape index (κ1) is 24.3. The SMILES string of the molecule is COc1cc(-c2cccc3c(NC4CCC(CN(C)C)CC4)c(C(C)=O)cnc23)cc(Cl)c1O. The van der Waals surface area contributed by atoms with Gasteiger partial charge < -0.3 is 20.1 Å². The molecule has 1 fully saturated rings.